The summed E-state index contributed by atoms with van der Waals surface area (Å²) in [6.45, 7) is 2.15. The first-order valence-corrected chi connectivity index (χ1v) is 9.17. The topological polar surface area (TPSA) is 67.2 Å². The van der Waals surface area contributed by atoms with Gasteiger partial charge < -0.3 is 14.8 Å². The number of alkyl halides is 3. The highest BCUT2D eigenvalue weighted by molar-refractivity contribution is 6.16. The molecule has 30 heavy (non-hydrogen) atoms. The lowest BCUT2D eigenvalue weighted by Crippen LogP contribution is -2.43. The minimum atomic E-state index is -4.45. The zero-order valence-electron chi connectivity index (χ0n) is 15.8. The molecule has 4 rings (SSSR count). The summed E-state index contributed by atoms with van der Waals surface area (Å²) in [7, 11) is 0. The number of hydrogen-bond acceptors (Lipinski definition) is 3. The van der Waals surface area contributed by atoms with E-state index in [0.29, 0.717) is 11.4 Å². The molecule has 0 fully saturated rings. The average molecular weight is 414 g/mol. The lowest BCUT2D eigenvalue weighted by Gasteiger charge is -2.33. The molecule has 6 nitrogen and oxygen atoms in total. The zero-order chi connectivity index (χ0) is 21.5. The van der Waals surface area contributed by atoms with Gasteiger partial charge in [-0.05, 0) is 49.4 Å². The molecule has 2 aromatic heterocycles. The van der Waals surface area contributed by atoms with Crippen molar-refractivity contribution in [3.8, 4) is 0 Å². The number of nitrogens with zero attached hydrogens (tertiary/aromatic N) is 3. The van der Waals surface area contributed by atoms with E-state index in [-0.39, 0.29) is 23.8 Å². The fourth-order valence-electron chi connectivity index (χ4n) is 3.47. The van der Waals surface area contributed by atoms with Crippen molar-refractivity contribution >= 4 is 23.2 Å². The normalized spacial score (nSPS) is 16.3. The number of hydrogen-bond donors (Lipinski definition) is 1. The van der Waals surface area contributed by atoms with Crippen LogP contribution in [0.25, 0.3) is 0 Å². The number of rotatable bonds is 3. The SMILES string of the molecule is C[C@H]1CN(c2ccc(C(F)(F)F)cc2)C(=O)c2c(C(=O)Nc3ccncc3)ccn21. The molecular formula is C21H17F3N4O2. The lowest BCUT2D eigenvalue weighted by atomic mass is 10.1. The van der Waals surface area contributed by atoms with Crippen LogP contribution in [0.1, 0.15) is 39.4 Å². The van der Waals surface area contributed by atoms with Crippen LogP contribution >= 0.6 is 0 Å². The Morgan fingerprint density at radius 3 is 2.40 bits per heavy atom. The van der Waals surface area contributed by atoms with Crippen LogP contribution in [-0.2, 0) is 6.18 Å². The van der Waals surface area contributed by atoms with Crippen LogP contribution in [0.15, 0.2) is 61.1 Å². The number of halogens is 3. The highest BCUT2D eigenvalue weighted by Crippen LogP contribution is 2.33. The molecule has 0 aliphatic carbocycles. The van der Waals surface area contributed by atoms with E-state index < -0.39 is 23.6 Å². The molecule has 154 valence electrons. The predicted molar refractivity (Wildman–Crippen MR) is 104 cm³/mol. The van der Waals surface area contributed by atoms with Crippen molar-refractivity contribution in [3.05, 3.63) is 77.9 Å². The molecule has 3 aromatic rings. The molecule has 0 spiro atoms. The predicted octanol–water partition coefficient (Wildman–Crippen LogP) is 4.38. The maximum absolute atomic E-state index is 13.2. The lowest BCUT2D eigenvalue weighted by molar-refractivity contribution is -0.137. The van der Waals surface area contributed by atoms with E-state index >= 15 is 0 Å². The molecule has 1 aromatic carbocycles. The minimum Gasteiger partial charge on any atom is -0.338 e. The van der Waals surface area contributed by atoms with Crippen molar-refractivity contribution in [1.29, 1.82) is 0 Å². The summed E-state index contributed by atoms with van der Waals surface area (Å²) in [5.74, 6) is -0.900. The summed E-state index contributed by atoms with van der Waals surface area (Å²) >= 11 is 0. The van der Waals surface area contributed by atoms with Crippen molar-refractivity contribution in [3.63, 3.8) is 0 Å². The quantitative estimate of drug-likeness (QED) is 0.692. The van der Waals surface area contributed by atoms with Gasteiger partial charge in [0.15, 0.2) is 0 Å². The smallest absolute Gasteiger partial charge is 0.338 e. The van der Waals surface area contributed by atoms with Crippen LogP contribution in [0.5, 0.6) is 0 Å². The van der Waals surface area contributed by atoms with E-state index in [2.05, 4.69) is 10.3 Å². The summed E-state index contributed by atoms with van der Waals surface area (Å²) in [5, 5.41) is 2.72. The number of fused-ring (bicyclic) bond motifs is 1. The van der Waals surface area contributed by atoms with Crippen LogP contribution in [-0.4, -0.2) is 27.9 Å². The summed E-state index contributed by atoms with van der Waals surface area (Å²) in [6, 6.07) is 9.07. The van der Waals surface area contributed by atoms with Gasteiger partial charge in [-0.2, -0.15) is 13.2 Å². The monoisotopic (exact) mass is 414 g/mol. The van der Waals surface area contributed by atoms with E-state index in [1.807, 2.05) is 6.92 Å². The first-order valence-electron chi connectivity index (χ1n) is 9.17. The van der Waals surface area contributed by atoms with Crippen LogP contribution < -0.4 is 10.2 Å². The number of nitrogens with one attached hydrogen (secondary N) is 1. The van der Waals surface area contributed by atoms with Crippen molar-refractivity contribution < 1.29 is 22.8 Å². The molecule has 0 radical (unpaired) electrons. The highest BCUT2D eigenvalue weighted by Gasteiger charge is 2.35. The maximum atomic E-state index is 13.2. The van der Waals surface area contributed by atoms with E-state index in [1.165, 1.54) is 29.4 Å². The van der Waals surface area contributed by atoms with Gasteiger partial charge in [0, 0.05) is 42.6 Å². The number of anilines is 2. The fourth-order valence-corrected chi connectivity index (χ4v) is 3.47. The Labute approximate surface area is 169 Å². The van der Waals surface area contributed by atoms with E-state index in [4.69, 9.17) is 0 Å². The first-order chi connectivity index (χ1) is 14.3. The number of aromatic nitrogens is 2. The number of benzene rings is 1. The number of pyridine rings is 1. The summed E-state index contributed by atoms with van der Waals surface area (Å²) in [5.41, 5.74) is 0.476. The molecule has 9 heteroatoms. The Balaban J connectivity index is 1.65. The Kier molecular flexibility index (Phi) is 4.81. The van der Waals surface area contributed by atoms with Crippen molar-refractivity contribution in [1.82, 2.24) is 9.55 Å². The van der Waals surface area contributed by atoms with E-state index in [1.54, 1.807) is 29.0 Å². The van der Waals surface area contributed by atoms with Crippen LogP contribution in [0.3, 0.4) is 0 Å². The molecule has 0 unspecified atom stereocenters. The average Bonchev–Trinajstić information content (AvgIpc) is 3.17. The number of amides is 2. The highest BCUT2D eigenvalue weighted by atomic mass is 19.4. The largest absolute Gasteiger partial charge is 0.416 e. The standard InChI is InChI=1S/C21H17F3N4O2/c1-13-12-28(16-4-2-14(3-5-16)21(22,23)24)20(30)18-17(8-11-27(13)18)19(29)26-15-6-9-25-10-7-15/h2-11,13H,12H2,1H3,(H,25,26,29)/t13-/m0/s1. The molecule has 2 amide bonds. The summed E-state index contributed by atoms with van der Waals surface area (Å²) in [4.78, 5) is 31.2. The maximum Gasteiger partial charge on any atom is 0.416 e. The van der Waals surface area contributed by atoms with Gasteiger partial charge in [0.05, 0.1) is 11.1 Å². The van der Waals surface area contributed by atoms with Crippen LogP contribution in [0.4, 0.5) is 24.5 Å². The third kappa shape index (κ3) is 3.54. The Hall–Kier alpha value is -3.62. The van der Waals surface area contributed by atoms with E-state index in [9.17, 15) is 22.8 Å². The molecule has 1 aliphatic rings. The fraction of sp³-hybridized carbons (Fsp3) is 0.190. The molecular weight excluding hydrogens is 397 g/mol. The van der Waals surface area contributed by atoms with Crippen molar-refractivity contribution in [2.45, 2.75) is 19.1 Å². The van der Waals surface area contributed by atoms with Gasteiger partial charge in [-0.15, -0.1) is 0 Å². The van der Waals surface area contributed by atoms with Gasteiger partial charge in [-0.3, -0.25) is 14.6 Å². The molecule has 0 bridgehead atoms. The molecule has 0 saturated carbocycles. The Bertz CT molecular complexity index is 1090. The minimum absolute atomic E-state index is 0.164. The third-order valence-corrected chi connectivity index (χ3v) is 4.97. The second-order valence-corrected chi connectivity index (χ2v) is 6.98. The van der Waals surface area contributed by atoms with Gasteiger partial charge in [0.1, 0.15) is 5.69 Å². The Morgan fingerprint density at radius 1 is 1.10 bits per heavy atom. The molecule has 1 atom stereocenters. The first kappa shape index (κ1) is 19.7. The molecule has 3 heterocycles. The summed E-state index contributed by atoms with van der Waals surface area (Å²) in [6.07, 6.45) is 0.281. The van der Waals surface area contributed by atoms with Gasteiger partial charge >= 0.3 is 6.18 Å². The van der Waals surface area contributed by atoms with Gasteiger partial charge in [0.2, 0.25) is 0 Å². The molecule has 0 saturated heterocycles. The van der Waals surface area contributed by atoms with E-state index in [0.717, 1.165) is 12.1 Å². The molecule has 1 N–H and O–H groups in total. The number of carbonyl (C=O) groups excluding carboxylic acids is 2. The second-order valence-electron chi connectivity index (χ2n) is 6.98. The Morgan fingerprint density at radius 2 is 1.77 bits per heavy atom. The second kappa shape index (κ2) is 7.33. The molecule has 1 aliphatic heterocycles. The summed E-state index contributed by atoms with van der Waals surface area (Å²) < 4.78 is 40.2. The van der Waals surface area contributed by atoms with Gasteiger partial charge in [-0.25, -0.2) is 0 Å². The third-order valence-electron chi connectivity index (χ3n) is 4.97. The zero-order valence-corrected chi connectivity index (χ0v) is 15.8. The van der Waals surface area contributed by atoms with Gasteiger partial charge in [0.25, 0.3) is 11.8 Å². The number of carbonyl (C=O) groups is 2. The van der Waals surface area contributed by atoms with Crippen LogP contribution in [0, 0.1) is 0 Å². The van der Waals surface area contributed by atoms with Crippen molar-refractivity contribution in [2.75, 3.05) is 16.8 Å². The van der Waals surface area contributed by atoms with Gasteiger partial charge in [-0.1, -0.05) is 0 Å². The van der Waals surface area contributed by atoms with Crippen LogP contribution in [0.2, 0.25) is 0 Å². The van der Waals surface area contributed by atoms with Crippen molar-refractivity contribution in [2.24, 2.45) is 0 Å².